The Morgan fingerprint density at radius 3 is 1.98 bits per heavy atom. The lowest BCUT2D eigenvalue weighted by atomic mass is 9.81. The molecule has 0 saturated heterocycles. The van der Waals surface area contributed by atoms with Gasteiger partial charge in [-0.05, 0) is 98.7 Å². The zero-order valence-corrected chi connectivity index (χ0v) is 28.5. The maximum Gasteiger partial charge on any atom is 0.224 e. The summed E-state index contributed by atoms with van der Waals surface area (Å²) in [5.41, 5.74) is 15.1. The minimum atomic E-state index is 0.0849. The zero-order chi connectivity index (χ0) is 31.4. The average molecular weight is 580 g/mol. The van der Waals surface area contributed by atoms with E-state index in [0.29, 0.717) is 17.8 Å². The van der Waals surface area contributed by atoms with Crippen LogP contribution in [-0.4, -0.2) is 4.40 Å². The van der Waals surface area contributed by atoms with Crippen molar-refractivity contribution in [3.8, 4) is 11.1 Å². The summed E-state index contributed by atoms with van der Waals surface area (Å²) in [6.07, 6.45) is 2.26. The SMILES string of the molecule is Cc1ccc2c3cc(C(C)(C)C)ccc3n3c4cc(-c5c(C(C)C)cc(C(C)C)cc5C(C)C)cc5cc[n+](C)c(c1c23)c54. The summed E-state index contributed by atoms with van der Waals surface area (Å²) in [5.74, 6) is 1.35. The lowest BCUT2D eigenvalue weighted by molar-refractivity contribution is -0.643. The first kappa shape index (κ1) is 28.8. The molecule has 0 aliphatic carbocycles. The van der Waals surface area contributed by atoms with Crippen LogP contribution in [0.4, 0.5) is 0 Å². The van der Waals surface area contributed by atoms with Crippen molar-refractivity contribution in [2.75, 3.05) is 0 Å². The van der Waals surface area contributed by atoms with Crippen LogP contribution >= 0.6 is 0 Å². The van der Waals surface area contributed by atoms with Crippen molar-refractivity contribution in [2.24, 2.45) is 7.05 Å². The monoisotopic (exact) mass is 579 g/mol. The summed E-state index contributed by atoms with van der Waals surface area (Å²) in [7, 11) is 2.21. The summed E-state index contributed by atoms with van der Waals surface area (Å²) >= 11 is 0. The first-order chi connectivity index (χ1) is 20.8. The second-order valence-corrected chi connectivity index (χ2v) is 15.2. The van der Waals surface area contributed by atoms with Crippen molar-refractivity contribution < 1.29 is 4.57 Å². The van der Waals surface area contributed by atoms with Crippen molar-refractivity contribution in [3.63, 3.8) is 0 Å². The molecular weight excluding hydrogens is 532 g/mol. The molecule has 3 heterocycles. The van der Waals surface area contributed by atoms with Gasteiger partial charge in [0.25, 0.3) is 0 Å². The van der Waals surface area contributed by atoms with Crippen LogP contribution in [0.1, 0.15) is 108 Å². The van der Waals surface area contributed by atoms with Crippen LogP contribution in [0.2, 0.25) is 0 Å². The first-order valence-corrected chi connectivity index (χ1v) is 16.5. The Morgan fingerprint density at radius 2 is 1.36 bits per heavy atom. The van der Waals surface area contributed by atoms with Gasteiger partial charge in [0.15, 0.2) is 6.20 Å². The van der Waals surface area contributed by atoms with Crippen molar-refractivity contribution in [2.45, 2.75) is 92.4 Å². The number of hydrogen-bond acceptors (Lipinski definition) is 0. The number of fused-ring (bicyclic) bond motifs is 5. The van der Waals surface area contributed by atoms with Crippen molar-refractivity contribution >= 4 is 49.0 Å². The van der Waals surface area contributed by atoms with E-state index in [1.165, 1.54) is 87.9 Å². The number of aryl methyl sites for hydroxylation is 2. The molecule has 0 aliphatic rings. The molecule has 0 spiro atoms. The topological polar surface area (TPSA) is 8.29 Å². The normalized spacial score (nSPS) is 13.0. The van der Waals surface area contributed by atoms with E-state index in [1.807, 2.05) is 0 Å². The fourth-order valence-electron chi connectivity index (χ4n) is 7.62. The molecule has 0 N–H and O–H groups in total. The van der Waals surface area contributed by atoms with Gasteiger partial charge in [-0.3, -0.25) is 0 Å². The Kier molecular flexibility index (Phi) is 6.42. The molecule has 44 heavy (non-hydrogen) atoms. The third-order valence-corrected chi connectivity index (χ3v) is 10.1. The van der Waals surface area contributed by atoms with E-state index >= 15 is 0 Å². The molecule has 0 aliphatic heterocycles. The molecule has 0 atom stereocenters. The third-order valence-electron chi connectivity index (χ3n) is 10.1. The molecule has 7 rings (SSSR count). The molecule has 0 saturated carbocycles. The third kappa shape index (κ3) is 4.10. The van der Waals surface area contributed by atoms with Crippen LogP contribution < -0.4 is 4.57 Å². The van der Waals surface area contributed by atoms with E-state index in [2.05, 4.69) is 152 Å². The number of benzene rings is 4. The second kappa shape index (κ2) is 9.80. The van der Waals surface area contributed by atoms with E-state index < -0.39 is 0 Å². The maximum absolute atomic E-state index is 2.59. The fraction of sp³-hybridized carbons (Fsp3) is 0.357. The molecule has 0 fully saturated rings. The predicted molar refractivity (Wildman–Crippen MR) is 191 cm³/mol. The molecule has 2 heteroatoms. The second-order valence-electron chi connectivity index (χ2n) is 15.2. The minimum absolute atomic E-state index is 0.0849. The van der Waals surface area contributed by atoms with Gasteiger partial charge in [-0.15, -0.1) is 0 Å². The Labute approximate surface area is 262 Å². The van der Waals surface area contributed by atoms with Crippen molar-refractivity contribution in [1.82, 2.24) is 4.40 Å². The molecular formula is C42H47N2+. The molecule has 0 radical (unpaired) electrons. The van der Waals surface area contributed by atoms with Gasteiger partial charge in [0.2, 0.25) is 5.52 Å². The van der Waals surface area contributed by atoms with Gasteiger partial charge in [0, 0.05) is 16.8 Å². The molecule has 4 aromatic carbocycles. The van der Waals surface area contributed by atoms with Crippen molar-refractivity contribution in [3.05, 3.63) is 94.7 Å². The van der Waals surface area contributed by atoms with Crippen LogP contribution in [0.25, 0.3) is 60.1 Å². The van der Waals surface area contributed by atoms with Gasteiger partial charge in [0.05, 0.1) is 27.3 Å². The molecule has 0 bridgehead atoms. The predicted octanol–water partition coefficient (Wildman–Crippen LogP) is 11.5. The highest BCUT2D eigenvalue weighted by molar-refractivity contribution is 6.26. The number of nitrogens with zero attached hydrogens (tertiary/aromatic N) is 2. The number of rotatable bonds is 4. The van der Waals surface area contributed by atoms with Crippen LogP contribution in [0, 0.1) is 6.92 Å². The van der Waals surface area contributed by atoms with E-state index in [0.717, 1.165) is 0 Å². The summed E-state index contributed by atoms with van der Waals surface area (Å²) < 4.78 is 4.93. The summed E-state index contributed by atoms with van der Waals surface area (Å²) in [4.78, 5) is 0. The van der Waals surface area contributed by atoms with E-state index in [-0.39, 0.29) is 5.41 Å². The highest BCUT2D eigenvalue weighted by Gasteiger charge is 2.27. The maximum atomic E-state index is 2.59. The van der Waals surface area contributed by atoms with Gasteiger partial charge >= 0.3 is 0 Å². The Bertz CT molecular complexity index is 2220. The van der Waals surface area contributed by atoms with Crippen LogP contribution in [0.15, 0.2) is 66.9 Å². The smallest absolute Gasteiger partial charge is 0.224 e. The molecule has 224 valence electrons. The molecule has 2 nitrogen and oxygen atoms in total. The van der Waals surface area contributed by atoms with Crippen LogP contribution in [0.3, 0.4) is 0 Å². The highest BCUT2D eigenvalue weighted by atomic mass is 15.0. The van der Waals surface area contributed by atoms with Gasteiger partial charge in [0.1, 0.15) is 7.05 Å². The van der Waals surface area contributed by atoms with Gasteiger partial charge in [-0.2, -0.15) is 0 Å². The fourth-order valence-corrected chi connectivity index (χ4v) is 7.62. The Hall–Kier alpha value is -3.91. The number of aromatic nitrogens is 2. The lowest BCUT2D eigenvalue weighted by Crippen LogP contribution is -2.28. The van der Waals surface area contributed by atoms with E-state index in [4.69, 9.17) is 0 Å². The van der Waals surface area contributed by atoms with Gasteiger partial charge < -0.3 is 4.40 Å². The number of pyridine rings is 2. The summed E-state index contributed by atoms with van der Waals surface area (Å²) in [6, 6.07) is 24.1. The standard InChI is InChI=1S/C42H47N2/c1-23(2)28-19-32(24(3)4)38(33(20-28)25(5)6)29-18-27-16-17-43(11)41-37-26(7)12-14-31-34-22-30(42(8,9)10)13-15-35(34)44(40(31)37)36(21-29)39(27)41/h12-25H,1-11H3/q+1. The largest absolute Gasteiger partial charge is 0.307 e. The van der Waals surface area contributed by atoms with Gasteiger partial charge in [-0.25, -0.2) is 4.57 Å². The van der Waals surface area contributed by atoms with Crippen molar-refractivity contribution in [1.29, 1.82) is 0 Å². The Morgan fingerprint density at radius 1 is 0.682 bits per heavy atom. The van der Waals surface area contributed by atoms with Crippen LogP contribution in [0.5, 0.6) is 0 Å². The molecule has 3 aromatic heterocycles. The Balaban J connectivity index is 1.72. The first-order valence-electron chi connectivity index (χ1n) is 16.5. The summed E-state index contributed by atoms with van der Waals surface area (Å²) in [5, 5.41) is 6.69. The molecule has 7 aromatic rings. The van der Waals surface area contributed by atoms with Crippen LogP contribution in [-0.2, 0) is 12.5 Å². The highest BCUT2D eigenvalue weighted by Crippen LogP contribution is 2.45. The van der Waals surface area contributed by atoms with E-state index in [1.54, 1.807) is 0 Å². The van der Waals surface area contributed by atoms with E-state index in [9.17, 15) is 0 Å². The number of hydrogen-bond donors (Lipinski definition) is 0. The average Bonchev–Trinajstić information content (AvgIpc) is 3.30. The minimum Gasteiger partial charge on any atom is -0.307 e. The zero-order valence-electron chi connectivity index (χ0n) is 28.5. The quantitative estimate of drug-likeness (QED) is 0.111. The van der Waals surface area contributed by atoms with Gasteiger partial charge in [-0.1, -0.05) is 92.6 Å². The molecule has 0 unspecified atom stereocenters. The summed E-state index contributed by atoms with van der Waals surface area (Å²) in [6.45, 7) is 23.3. The molecule has 0 amide bonds. The lowest BCUT2D eigenvalue weighted by Gasteiger charge is -2.24.